The summed E-state index contributed by atoms with van der Waals surface area (Å²) in [5.74, 6) is 0.0377. The van der Waals surface area contributed by atoms with Gasteiger partial charge in [0, 0.05) is 32.2 Å². The lowest BCUT2D eigenvalue weighted by Crippen LogP contribution is -2.46. The van der Waals surface area contributed by atoms with Gasteiger partial charge in [-0.3, -0.25) is 4.72 Å². The smallest absolute Gasteiger partial charge is 0.246 e. The molecule has 2 rings (SSSR count). The third-order valence-electron chi connectivity index (χ3n) is 3.51. The Morgan fingerprint density at radius 3 is 2.43 bits per heavy atom. The quantitative estimate of drug-likeness (QED) is 0.740. The number of nitrogens with one attached hydrogen (secondary N) is 2. The largest absolute Gasteiger partial charge is 0.495 e. The van der Waals surface area contributed by atoms with Gasteiger partial charge in [-0.2, -0.15) is 4.31 Å². The first-order valence-electron chi connectivity index (χ1n) is 7.19. The van der Waals surface area contributed by atoms with Gasteiger partial charge in [0.2, 0.25) is 20.0 Å². The molecule has 0 aromatic heterocycles. The van der Waals surface area contributed by atoms with Gasteiger partial charge >= 0.3 is 0 Å². The highest BCUT2D eigenvalue weighted by Crippen LogP contribution is 2.30. The summed E-state index contributed by atoms with van der Waals surface area (Å²) in [6.45, 7) is 3.47. The number of ether oxygens (including phenoxy) is 1. The minimum absolute atomic E-state index is 0.0290. The predicted octanol–water partition coefficient (Wildman–Crippen LogP) is 0.0507. The van der Waals surface area contributed by atoms with Gasteiger partial charge in [0.15, 0.2) is 0 Å². The van der Waals surface area contributed by atoms with Crippen LogP contribution in [0.25, 0.3) is 0 Å². The van der Waals surface area contributed by atoms with Crippen LogP contribution < -0.4 is 14.8 Å². The maximum Gasteiger partial charge on any atom is 0.246 e. The van der Waals surface area contributed by atoms with Crippen LogP contribution >= 0.6 is 0 Å². The lowest BCUT2D eigenvalue weighted by atomic mass is 10.3. The molecule has 1 aromatic rings. The Bertz CT molecular complexity index is 756. The van der Waals surface area contributed by atoms with E-state index in [1.165, 1.54) is 36.5 Å². The van der Waals surface area contributed by atoms with Gasteiger partial charge in [-0.1, -0.05) is 0 Å². The zero-order chi connectivity index (χ0) is 17.1. The predicted molar refractivity (Wildman–Crippen MR) is 87.7 cm³/mol. The fourth-order valence-corrected chi connectivity index (χ4v) is 4.43. The monoisotopic (exact) mass is 363 g/mol. The van der Waals surface area contributed by atoms with E-state index in [4.69, 9.17) is 4.74 Å². The molecule has 8 nitrogen and oxygen atoms in total. The lowest BCUT2D eigenvalue weighted by Gasteiger charge is -2.27. The van der Waals surface area contributed by atoms with Crippen molar-refractivity contribution >= 4 is 25.7 Å². The Kier molecular flexibility index (Phi) is 5.50. The van der Waals surface area contributed by atoms with E-state index in [1.54, 1.807) is 0 Å². The molecule has 10 heteroatoms. The molecule has 1 saturated heterocycles. The average Bonchev–Trinajstić information content (AvgIpc) is 2.55. The molecule has 0 unspecified atom stereocenters. The zero-order valence-corrected chi connectivity index (χ0v) is 14.7. The molecule has 0 spiro atoms. The van der Waals surface area contributed by atoms with Crippen molar-refractivity contribution in [1.82, 2.24) is 9.62 Å². The van der Waals surface area contributed by atoms with Crippen LogP contribution in [0.4, 0.5) is 5.69 Å². The van der Waals surface area contributed by atoms with Gasteiger partial charge in [0.25, 0.3) is 0 Å². The highest BCUT2D eigenvalue weighted by molar-refractivity contribution is 7.92. The van der Waals surface area contributed by atoms with Crippen LogP contribution in [0.2, 0.25) is 0 Å². The Labute approximate surface area is 136 Å². The number of methoxy groups -OCH3 is 1. The molecule has 0 atom stereocenters. The SMILES string of the molecule is CCS(=O)(=O)Nc1ccc(S(=O)(=O)N2CCNCC2)c(OC)c1. The van der Waals surface area contributed by atoms with Gasteiger partial charge in [-0.25, -0.2) is 16.8 Å². The number of anilines is 1. The molecule has 2 N–H and O–H groups in total. The van der Waals surface area contributed by atoms with Crippen molar-refractivity contribution in [2.24, 2.45) is 0 Å². The Morgan fingerprint density at radius 2 is 1.87 bits per heavy atom. The maximum absolute atomic E-state index is 12.7. The van der Waals surface area contributed by atoms with E-state index in [0.717, 1.165) is 0 Å². The summed E-state index contributed by atoms with van der Waals surface area (Å²) in [5.41, 5.74) is 0.267. The fraction of sp³-hybridized carbons (Fsp3) is 0.538. The minimum Gasteiger partial charge on any atom is -0.495 e. The number of rotatable bonds is 6. The fourth-order valence-electron chi connectivity index (χ4n) is 2.22. The van der Waals surface area contributed by atoms with Gasteiger partial charge in [-0.05, 0) is 19.1 Å². The second-order valence-electron chi connectivity index (χ2n) is 5.03. The molecule has 1 aliphatic heterocycles. The molecular formula is C13H21N3O5S2. The van der Waals surface area contributed by atoms with Gasteiger partial charge in [0.05, 0.1) is 18.6 Å². The Balaban J connectivity index is 2.36. The third kappa shape index (κ3) is 4.14. The van der Waals surface area contributed by atoms with Crippen LogP contribution in [0.3, 0.4) is 0 Å². The van der Waals surface area contributed by atoms with E-state index >= 15 is 0 Å². The summed E-state index contributed by atoms with van der Waals surface area (Å²) in [6, 6.07) is 4.16. The molecule has 130 valence electrons. The number of sulfonamides is 2. The van der Waals surface area contributed by atoms with Crippen molar-refractivity contribution in [2.45, 2.75) is 11.8 Å². The van der Waals surface area contributed by atoms with Crippen LogP contribution in [0, 0.1) is 0 Å². The first-order chi connectivity index (χ1) is 10.8. The molecule has 1 aromatic carbocycles. The van der Waals surface area contributed by atoms with Crippen LogP contribution in [0.1, 0.15) is 6.92 Å². The first kappa shape index (κ1) is 18.0. The summed E-state index contributed by atoms with van der Waals surface area (Å²) in [7, 11) is -5.77. The van der Waals surface area contributed by atoms with Gasteiger partial charge in [0.1, 0.15) is 10.6 Å². The van der Waals surface area contributed by atoms with E-state index in [-0.39, 0.29) is 22.1 Å². The summed E-state index contributed by atoms with van der Waals surface area (Å²) in [4.78, 5) is 0.0290. The third-order valence-corrected chi connectivity index (χ3v) is 6.76. The lowest BCUT2D eigenvalue weighted by molar-refractivity contribution is 0.355. The second-order valence-corrected chi connectivity index (χ2v) is 8.94. The highest BCUT2D eigenvalue weighted by atomic mass is 32.2. The molecule has 1 heterocycles. The van der Waals surface area contributed by atoms with E-state index in [9.17, 15) is 16.8 Å². The molecule has 0 aliphatic carbocycles. The van der Waals surface area contributed by atoms with Crippen molar-refractivity contribution in [1.29, 1.82) is 0 Å². The number of hydrogen-bond donors (Lipinski definition) is 2. The first-order valence-corrected chi connectivity index (χ1v) is 10.3. The average molecular weight is 363 g/mol. The number of nitrogens with zero attached hydrogens (tertiary/aromatic N) is 1. The summed E-state index contributed by atoms with van der Waals surface area (Å²) in [6.07, 6.45) is 0. The van der Waals surface area contributed by atoms with Crippen molar-refractivity contribution in [3.63, 3.8) is 0 Å². The van der Waals surface area contributed by atoms with E-state index in [2.05, 4.69) is 10.0 Å². The highest BCUT2D eigenvalue weighted by Gasteiger charge is 2.29. The van der Waals surface area contributed by atoms with Gasteiger partial charge in [-0.15, -0.1) is 0 Å². The Hall–Kier alpha value is -1.36. The molecule has 0 saturated carbocycles. The van der Waals surface area contributed by atoms with E-state index < -0.39 is 20.0 Å². The van der Waals surface area contributed by atoms with Gasteiger partial charge < -0.3 is 10.1 Å². The zero-order valence-electron chi connectivity index (χ0n) is 13.1. The van der Waals surface area contributed by atoms with E-state index in [0.29, 0.717) is 26.2 Å². The van der Waals surface area contributed by atoms with Crippen LogP contribution in [-0.2, 0) is 20.0 Å². The maximum atomic E-state index is 12.7. The number of piperazine rings is 1. The normalized spacial score (nSPS) is 17.0. The van der Waals surface area contributed by atoms with Crippen LogP contribution in [-0.4, -0.2) is 60.2 Å². The topological polar surface area (TPSA) is 105 Å². The molecule has 1 fully saturated rings. The van der Waals surface area contributed by atoms with E-state index in [1.807, 2.05) is 0 Å². The molecule has 1 aliphatic rings. The van der Waals surface area contributed by atoms with Crippen LogP contribution in [0.5, 0.6) is 5.75 Å². The summed E-state index contributed by atoms with van der Waals surface area (Å²) in [5, 5.41) is 3.09. The minimum atomic E-state index is -3.68. The van der Waals surface area contributed by atoms with Crippen molar-refractivity contribution in [2.75, 3.05) is 43.8 Å². The molecule has 0 bridgehead atoms. The molecular weight excluding hydrogens is 342 g/mol. The number of benzene rings is 1. The van der Waals surface area contributed by atoms with Crippen molar-refractivity contribution in [3.05, 3.63) is 18.2 Å². The second kappa shape index (κ2) is 7.04. The standard InChI is InChI=1S/C13H21N3O5S2/c1-3-22(17,18)15-11-4-5-13(12(10-11)21-2)23(19,20)16-8-6-14-7-9-16/h4-5,10,14-15H,3,6-9H2,1-2H3. The number of hydrogen-bond acceptors (Lipinski definition) is 6. The van der Waals surface area contributed by atoms with Crippen LogP contribution in [0.15, 0.2) is 23.1 Å². The molecule has 23 heavy (non-hydrogen) atoms. The summed E-state index contributed by atoms with van der Waals surface area (Å²) >= 11 is 0. The molecule has 0 amide bonds. The van der Waals surface area contributed by atoms with Crippen molar-refractivity contribution in [3.8, 4) is 5.75 Å². The Morgan fingerprint density at radius 1 is 1.22 bits per heavy atom. The van der Waals surface area contributed by atoms with Crippen molar-refractivity contribution < 1.29 is 21.6 Å². The molecule has 0 radical (unpaired) electrons. The summed E-state index contributed by atoms with van der Waals surface area (Å²) < 4.78 is 57.5.